The summed E-state index contributed by atoms with van der Waals surface area (Å²) >= 11 is 0. The molecule has 2 aromatic heterocycles. The molecule has 2 aliphatic heterocycles. The molecule has 3 fully saturated rings. The summed E-state index contributed by atoms with van der Waals surface area (Å²) in [7, 11) is 2.18. The molecule has 1 saturated carbocycles. The van der Waals surface area contributed by atoms with Crippen molar-refractivity contribution in [2.45, 2.75) is 37.1 Å². The van der Waals surface area contributed by atoms with Gasteiger partial charge in [0.05, 0.1) is 18.7 Å². The number of carbonyl (C=O) groups is 1. The molecule has 1 amide bonds. The lowest BCUT2D eigenvalue weighted by Crippen LogP contribution is -2.62. The predicted molar refractivity (Wildman–Crippen MR) is 111 cm³/mol. The van der Waals surface area contributed by atoms with E-state index in [0.29, 0.717) is 18.2 Å². The van der Waals surface area contributed by atoms with Crippen LogP contribution in [0.25, 0.3) is 5.52 Å². The van der Waals surface area contributed by atoms with E-state index in [-0.39, 0.29) is 11.4 Å². The lowest BCUT2D eigenvalue weighted by atomic mass is 9.85. The van der Waals surface area contributed by atoms with Gasteiger partial charge in [-0.15, -0.1) is 0 Å². The van der Waals surface area contributed by atoms with E-state index in [1.54, 1.807) is 0 Å². The van der Waals surface area contributed by atoms with Crippen molar-refractivity contribution in [2.24, 2.45) is 0 Å². The summed E-state index contributed by atoms with van der Waals surface area (Å²) in [6.07, 6.45) is 6.51. The molecule has 0 radical (unpaired) electrons. The average molecular weight is 398 g/mol. The smallest absolute Gasteiger partial charge is 0.272 e. The molecule has 29 heavy (non-hydrogen) atoms. The number of nitrogens with zero attached hydrogens (tertiary/aromatic N) is 4. The Balaban J connectivity index is 1.36. The maximum absolute atomic E-state index is 13.2. The Morgan fingerprint density at radius 3 is 2.69 bits per heavy atom. The Bertz CT molecular complexity index is 876. The summed E-state index contributed by atoms with van der Waals surface area (Å²) < 4.78 is 7.68. The number of carbonyl (C=O) groups excluding carboxylic acids is 1. The number of hydrogen-bond donors (Lipinski definition) is 1. The normalized spacial score (nSPS) is 23.3. The van der Waals surface area contributed by atoms with Crippen LogP contribution >= 0.6 is 0 Å². The van der Waals surface area contributed by atoms with Crippen LogP contribution in [0, 0.1) is 0 Å². The molecule has 0 bridgehead atoms. The molecule has 0 aromatic carbocycles. The number of hydrogen-bond acceptors (Lipinski definition) is 5. The number of piperidine rings is 1. The summed E-state index contributed by atoms with van der Waals surface area (Å²) in [4.78, 5) is 22.9. The second-order valence-corrected chi connectivity index (χ2v) is 8.86. The first-order valence-corrected chi connectivity index (χ1v) is 10.9. The molecular formula is C22H31N5O2. The van der Waals surface area contributed by atoms with Gasteiger partial charge >= 0.3 is 0 Å². The molecular weight excluding hydrogens is 366 g/mol. The van der Waals surface area contributed by atoms with Crippen LogP contribution in [0.4, 0.5) is 0 Å². The van der Waals surface area contributed by atoms with Crippen LogP contribution in [0.1, 0.15) is 47.9 Å². The number of ether oxygens (including phenoxy) is 1. The van der Waals surface area contributed by atoms with Crippen molar-refractivity contribution < 1.29 is 9.53 Å². The minimum absolute atomic E-state index is 0.0147. The third-order valence-electron chi connectivity index (χ3n) is 6.91. The van der Waals surface area contributed by atoms with Gasteiger partial charge in [0.25, 0.3) is 5.91 Å². The fourth-order valence-electron chi connectivity index (χ4n) is 4.86. The van der Waals surface area contributed by atoms with Gasteiger partial charge in [0.2, 0.25) is 0 Å². The zero-order valence-corrected chi connectivity index (χ0v) is 17.3. The van der Waals surface area contributed by atoms with E-state index in [4.69, 9.17) is 9.72 Å². The van der Waals surface area contributed by atoms with Gasteiger partial charge in [-0.3, -0.25) is 9.69 Å². The predicted octanol–water partition coefficient (Wildman–Crippen LogP) is 1.74. The Kier molecular flexibility index (Phi) is 5.05. The van der Waals surface area contributed by atoms with Gasteiger partial charge in [-0.2, -0.15) is 0 Å². The minimum atomic E-state index is -0.0489. The molecule has 0 spiro atoms. The largest absolute Gasteiger partial charge is 0.379 e. The number of amides is 1. The molecule has 0 atom stereocenters. The first kappa shape index (κ1) is 19.0. The highest BCUT2D eigenvalue weighted by molar-refractivity contribution is 5.99. The average Bonchev–Trinajstić information content (AvgIpc) is 3.54. The van der Waals surface area contributed by atoms with Crippen molar-refractivity contribution in [3.63, 3.8) is 0 Å². The van der Waals surface area contributed by atoms with Gasteiger partial charge in [0.15, 0.2) is 5.69 Å². The van der Waals surface area contributed by atoms with Crippen LogP contribution in [-0.2, 0) is 4.74 Å². The van der Waals surface area contributed by atoms with Crippen LogP contribution in [0.2, 0.25) is 0 Å². The Labute approximate surface area is 172 Å². The summed E-state index contributed by atoms with van der Waals surface area (Å²) in [6, 6.07) is 5.99. The van der Waals surface area contributed by atoms with Gasteiger partial charge in [0.1, 0.15) is 5.82 Å². The highest BCUT2D eigenvalue weighted by atomic mass is 16.5. The van der Waals surface area contributed by atoms with Crippen LogP contribution < -0.4 is 5.32 Å². The highest BCUT2D eigenvalue weighted by Crippen LogP contribution is 2.40. The molecule has 2 saturated heterocycles. The molecule has 1 aliphatic carbocycles. The van der Waals surface area contributed by atoms with Crippen LogP contribution in [-0.4, -0.2) is 83.6 Å². The van der Waals surface area contributed by atoms with Crippen molar-refractivity contribution in [3.05, 3.63) is 35.9 Å². The minimum Gasteiger partial charge on any atom is -0.379 e. The van der Waals surface area contributed by atoms with Crippen molar-refractivity contribution in [1.29, 1.82) is 0 Å². The Morgan fingerprint density at radius 1 is 1.21 bits per heavy atom. The number of nitrogens with one attached hydrogen (secondary N) is 1. The van der Waals surface area contributed by atoms with E-state index in [1.165, 1.54) is 12.8 Å². The third-order valence-corrected chi connectivity index (χ3v) is 6.91. The third kappa shape index (κ3) is 3.67. The van der Waals surface area contributed by atoms with E-state index in [0.717, 1.165) is 63.6 Å². The van der Waals surface area contributed by atoms with Crippen molar-refractivity contribution in [3.8, 4) is 0 Å². The van der Waals surface area contributed by atoms with Gasteiger partial charge in [-0.1, -0.05) is 6.07 Å². The zero-order valence-electron chi connectivity index (χ0n) is 17.3. The standard InChI is InChI=1S/C22H31N5O2/c1-25-10-7-22(8-11-25,26-12-14-29-15-13-26)16-23-21(28)19-18-4-2-3-9-27(18)20(24-19)17-5-6-17/h2-4,9,17H,5-8,10-16H2,1H3,(H,23,28). The summed E-state index contributed by atoms with van der Waals surface area (Å²) in [6.45, 7) is 6.24. The number of morpholine rings is 1. The molecule has 4 heterocycles. The van der Waals surface area contributed by atoms with E-state index in [9.17, 15) is 4.79 Å². The highest BCUT2D eigenvalue weighted by Gasteiger charge is 2.40. The van der Waals surface area contributed by atoms with E-state index < -0.39 is 0 Å². The molecule has 0 unspecified atom stereocenters. The van der Waals surface area contributed by atoms with Gasteiger partial charge < -0.3 is 19.4 Å². The monoisotopic (exact) mass is 397 g/mol. The number of pyridine rings is 1. The number of imidazole rings is 1. The number of fused-ring (bicyclic) bond motifs is 1. The summed E-state index contributed by atoms with van der Waals surface area (Å²) in [5.74, 6) is 1.49. The van der Waals surface area contributed by atoms with Crippen LogP contribution in [0.15, 0.2) is 24.4 Å². The van der Waals surface area contributed by atoms with Gasteiger partial charge in [0, 0.05) is 37.3 Å². The fraction of sp³-hybridized carbons (Fsp3) is 0.636. The number of rotatable bonds is 5. The lowest BCUT2D eigenvalue weighted by molar-refractivity contribution is -0.0439. The molecule has 2 aromatic rings. The first-order valence-electron chi connectivity index (χ1n) is 10.9. The number of aromatic nitrogens is 2. The second-order valence-electron chi connectivity index (χ2n) is 8.86. The van der Waals surface area contributed by atoms with Crippen LogP contribution in [0.3, 0.4) is 0 Å². The van der Waals surface area contributed by atoms with Crippen molar-refractivity contribution in [2.75, 3.05) is 53.0 Å². The Hall–Kier alpha value is -1.96. The molecule has 5 rings (SSSR count). The van der Waals surface area contributed by atoms with E-state index in [2.05, 4.69) is 26.6 Å². The Morgan fingerprint density at radius 2 is 1.97 bits per heavy atom. The quantitative estimate of drug-likeness (QED) is 0.833. The molecule has 3 aliphatic rings. The second kappa shape index (κ2) is 7.70. The zero-order chi connectivity index (χ0) is 19.8. The maximum Gasteiger partial charge on any atom is 0.272 e. The molecule has 7 heteroatoms. The van der Waals surface area contributed by atoms with Gasteiger partial charge in [-0.05, 0) is 58.0 Å². The van der Waals surface area contributed by atoms with E-state index in [1.807, 2.05) is 24.4 Å². The van der Waals surface area contributed by atoms with E-state index >= 15 is 0 Å². The maximum atomic E-state index is 13.2. The molecule has 7 nitrogen and oxygen atoms in total. The molecule has 156 valence electrons. The van der Waals surface area contributed by atoms with Gasteiger partial charge in [-0.25, -0.2) is 4.98 Å². The number of likely N-dealkylation sites (tertiary alicyclic amines) is 1. The molecule has 1 N–H and O–H groups in total. The van der Waals surface area contributed by atoms with Crippen LogP contribution in [0.5, 0.6) is 0 Å². The topological polar surface area (TPSA) is 62.1 Å². The lowest BCUT2D eigenvalue weighted by Gasteiger charge is -2.49. The SMILES string of the molecule is CN1CCC(CNC(=O)c2nc(C3CC3)n3ccccc23)(N2CCOCC2)CC1. The first-order chi connectivity index (χ1) is 14.2. The summed E-state index contributed by atoms with van der Waals surface area (Å²) in [5.41, 5.74) is 1.49. The summed E-state index contributed by atoms with van der Waals surface area (Å²) in [5, 5.41) is 3.27. The van der Waals surface area contributed by atoms with Crippen molar-refractivity contribution in [1.82, 2.24) is 24.5 Å². The van der Waals surface area contributed by atoms with Crippen molar-refractivity contribution >= 4 is 11.4 Å². The fourth-order valence-corrected chi connectivity index (χ4v) is 4.86.